The fraction of sp³-hybridized carbons (Fsp3) is 0.192. The third-order valence-electron chi connectivity index (χ3n) is 5.07. The number of anilines is 1. The molecule has 186 valence electrons. The molecule has 1 amide bonds. The summed E-state index contributed by atoms with van der Waals surface area (Å²) in [5, 5.41) is 8.26. The summed E-state index contributed by atoms with van der Waals surface area (Å²) in [4.78, 5) is 25.3. The molecule has 0 saturated carbocycles. The number of rotatable bonds is 7. The Morgan fingerprint density at radius 2 is 1.69 bits per heavy atom. The van der Waals surface area contributed by atoms with Crippen molar-refractivity contribution in [3.63, 3.8) is 0 Å². The lowest BCUT2D eigenvalue weighted by Gasteiger charge is -2.10. The summed E-state index contributed by atoms with van der Waals surface area (Å²) in [7, 11) is 0. The number of carbonyl (C=O) groups excluding carboxylic acids is 2. The number of hydrogen-bond donors (Lipinski definition) is 1. The van der Waals surface area contributed by atoms with Crippen LogP contribution in [0.4, 0.5) is 18.9 Å². The molecular weight excluding hydrogens is 491 g/mol. The Morgan fingerprint density at radius 3 is 2.28 bits per heavy atom. The van der Waals surface area contributed by atoms with Crippen molar-refractivity contribution in [2.75, 3.05) is 11.9 Å². The van der Waals surface area contributed by atoms with Gasteiger partial charge in [-0.25, -0.2) is 9.48 Å². The maximum Gasteiger partial charge on any atom is 0.435 e. The normalized spacial score (nSPS) is 11.5. The molecule has 4 aromatic rings. The van der Waals surface area contributed by atoms with Gasteiger partial charge in [-0.1, -0.05) is 19.9 Å². The number of ether oxygens (including phenoxy) is 1. The Labute approximate surface area is 209 Å². The number of amides is 1. The monoisotopic (exact) mass is 513 g/mol. The summed E-state index contributed by atoms with van der Waals surface area (Å²) in [6.07, 6.45) is -4.59. The average Bonchev–Trinajstić information content (AvgIpc) is 3.53. The van der Waals surface area contributed by atoms with Gasteiger partial charge < -0.3 is 10.1 Å². The maximum absolute atomic E-state index is 13.3. The molecule has 0 fully saturated rings. The molecule has 4 rings (SSSR count). The number of nitrogens with zero attached hydrogens (tertiary/aromatic N) is 2. The molecule has 10 heteroatoms. The number of carbonyl (C=O) groups is 2. The highest BCUT2D eigenvalue weighted by Crippen LogP contribution is 2.34. The van der Waals surface area contributed by atoms with Crippen LogP contribution in [0, 0.1) is 5.92 Å². The van der Waals surface area contributed by atoms with Crippen molar-refractivity contribution in [2.45, 2.75) is 20.0 Å². The topological polar surface area (TPSA) is 73.2 Å². The number of benzene rings is 2. The number of esters is 1. The number of alkyl halides is 3. The molecule has 6 nitrogen and oxygen atoms in total. The minimum absolute atomic E-state index is 0.223. The molecule has 2 heterocycles. The second-order valence-corrected chi connectivity index (χ2v) is 9.32. The fourth-order valence-electron chi connectivity index (χ4n) is 3.29. The summed E-state index contributed by atoms with van der Waals surface area (Å²) >= 11 is 1.30. The molecule has 2 aromatic carbocycles. The van der Waals surface area contributed by atoms with Crippen molar-refractivity contribution in [1.29, 1.82) is 0 Å². The Morgan fingerprint density at radius 1 is 1.03 bits per heavy atom. The van der Waals surface area contributed by atoms with Crippen molar-refractivity contribution < 1.29 is 27.5 Å². The van der Waals surface area contributed by atoms with E-state index in [1.165, 1.54) is 40.3 Å². The molecule has 0 unspecified atom stereocenters. The molecule has 0 aliphatic carbocycles. The molecule has 0 radical (unpaired) electrons. The highest BCUT2D eigenvalue weighted by molar-refractivity contribution is 7.13. The van der Waals surface area contributed by atoms with Gasteiger partial charge in [0.1, 0.15) is 0 Å². The van der Waals surface area contributed by atoms with E-state index >= 15 is 0 Å². The summed E-state index contributed by atoms with van der Waals surface area (Å²) in [6, 6.07) is 16.9. The van der Waals surface area contributed by atoms with Gasteiger partial charge in [0.25, 0.3) is 5.91 Å². The lowest BCUT2D eigenvalue weighted by molar-refractivity contribution is -0.141. The van der Waals surface area contributed by atoms with Crippen molar-refractivity contribution in [3.05, 3.63) is 88.9 Å². The van der Waals surface area contributed by atoms with Crippen molar-refractivity contribution >= 4 is 28.9 Å². The minimum Gasteiger partial charge on any atom is -0.462 e. The molecule has 1 N–H and O–H groups in total. The molecule has 0 aliphatic rings. The van der Waals surface area contributed by atoms with Crippen molar-refractivity contribution in [2.24, 2.45) is 5.92 Å². The van der Waals surface area contributed by atoms with E-state index in [2.05, 4.69) is 10.4 Å². The van der Waals surface area contributed by atoms with Gasteiger partial charge in [0, 0.05) is 11.3 Å². The molecule has 0 aliphatic heterocycles. The van der Waals surface area contributed by atoms with Crippen LogP contribution in [0.25, 0.3) is 16.3 Å². The number of hydrogen-bond acceptors (Lipinski definition) is 5. The molecule has 0 saturated heterocycles. The van der Waals surface area contributed by atoms with Crippen LogP contribution in [-0.2, 0) is 10.9 Å². The van der Waals surface area contributed by atoms with E-state index in [1.807, 2.05) is 13.8 Å². The molecule has 0 bridgehead atoms. The summed E-state index contributed by atoms with van der Waals surface area (Å²) in [5.74, 6) is -0.626. The van der Waals surface area contributed by atoms with Gasteiger partial charge >= 0.3 is 12.1 Å². The number of nitrogens with one attached hydrogen (secondary N) is 1. The third kappa shape index (κ3) is 5.83. The zero-order valence-electron chi connectivity index (χ0n) is 19.4. The molecular formula is C26H22F3N3O3S. The first-order chi connectivity index (χ1) is 17.1. The van der Waals surface area contributed by atoms with Crippen LogP contribution in [0.15, 0.2) is 72.1 Å². The molecule has 0 spiro atoms. The number of aromatic nitrogens is 2. The highest BCUT2D eigenvalue weighted by atomic mass is 32.1. The average molecular weight is 514 g/mol. The van der Waals surface area contributed by atoms with Crippen molar-refractivity contribution in [3.8, 4) is 16.3 Å². The van der Waals surface area contributed by atoms with Crippen LogP contribution in [0.2, 0.25) is 0 Å². The molecule has 36 heavy (non-hydrogen) atoms. The van der Waals surface area contributed by atoms with Crippen LogP contribution in [-0.4, -0.2) is 28.3 Å². The molecule has 2 aromatic heterocycles. The van der Waals surface area contributed by atoms with Gasteiger partial charge in [-0.2, -0.15) is 18.3 Å². The van der Waals surface area contributed by atoms with Gasteiger partial charge in [0.2, 0.25) is 0 Å². The van der Waals surface area contributed by atoms with Crippen molar-refractivity contribution in [1.82, 2.24) is 9.78 Å². The van der Waals surface area contributed by atoms with E-state index in [1.54, 1.807) is 41.8 Å². The largest absolute Gasteiger partial charge is 0.462 e. The van der Waals surface area contributed by atoms with Crippen LogP contribution in [0.1, 0.15) is 40.3 Å². The Bertz CT molecular complexity index is 1340. The standard InChI is InChI=1S/C26H22F3N3O3S/c1-16(2)15-35-25(34)18-5-9-19(10-6-18)30-24(33)17-7-11-20(12-8-17)32-21(22-4-3-13-36-22)14-23(31-32)26(27,28)29/h3-14,16H,15H2,1-2H3,(H,30,33). The number of halogens is 3. The zero-order valence-corrected chi connectivity index (χ0v) is 20.2. The Balaban J connectivity index is 1.49. The van der Waals surface area contributed by atoms with Crippen LogP contribution >= 0.6 is 11.3 Å². The predicted molar refractivity (Wildman–Crippen MR) is 131 cm³/mol. The van der Waals surface area contributed by atoms with Crippen LogP contribution in [0.5, 0.6) is 0 Å². The van der Waals surface area contributed by atoms with Gasteiger partial charge in [0.15, 0.2) is 5.69 Å². The lowest BCUT2D eigenvalue weighted by Crippen LogP contribution is -2.13. The minimum atomic E-state index is -4.59. The Kier molecular flexibility index (Phi) is 7.25. The third-order valence-corrected chi connectivity index (χ3v) is 5.97. The van der Waals surface area contributed by atoms with E-state index in [0.29, 0.717) is 39.7 Å². The maximum atomic E-state index is 13.3. The second kappa shape index (κ2) is 10.4. The number of thiophene rings is 1. The smallest absolute Gasteiger partial charge is 0.435 e. The highest BCUT2D eigenvalue weighted by Gasteiger charge is 2.35. The predicted octanol–water partition coefficient (Wildman–Crippen LogP) is 6.68. The van der Waals surface area contributed by atoms with Crippen LogP contribution < -0.4 is 5.32 Å². The van der Waals surface area contributed by atoms with Gasteiger partial charge in [0.05, 0.1) is 28.4 Å². The first-order valence-electron chi connectivity index (χ1n) is 11.0. The summed E-state index contributed by atoms with van der Waals surface area (Å²) in [5.41, 5.74) is 0.851. The van der Waals surface area contributed by atoms with E-state index in [-0.39, 0.29) is 5.92 Å². The fourth-order valence-corrected chi connectivity index (χ4v) is 4.02. The molecule has 0 atom stereocenters. The van der Waals surface area contributed by atoms with Gasteiger partial charge in [-0.15, -0.1) is 11.3 Å². The second-order valence-electron chi connectivity index (χ2n) is 8.37. The first kappa shape index (κ1) is 25.2. The zero-order chi connectivity index (χ0) is 25.9. The van der Waals surface area contributed by atoms with E-state index in [0.717, 1.165) is 6.07 Å². The van der Waals surface area contributed by atoms with Crippen LogP contribution in [0.3, 0.4) is 0 Å². The summed E-state index contributed by atoms with van der Waals surface area (Å²) in [6.45, 7) is 4.20. The summed E-state index contributed by atoms with van der Waals surface area (Å²) < 4.78 is 46.3. The van der Waals surface area contributed by atoms with E-state index in [4.69, 9.17) is 4.74 Å². The lowest BCUT2D eigenvalue weighted by atomic mass is 10.1. The SMILES string of the molecule is CC(C)COC(=O)c1ccc(NC(=O)c2ccc(-n3nc(C(F)(F)F)cc3-c3cccs3)cc2)cc1. The quantitative estimate of drug-likeness (QED) is 0.280. The Hall–Kier alpha value is -3.92. The van der Waals surface area contributed by atoms with Gasteiger partial charge in [-0.3, -0.25) is 4.79 Å². The van der Waals surface area contributed by atoms with E-state index in [9.17, 15) is 22.8 Å². The van der Waals surface area contributed by atoms with Gasteiger partial charge in [-0.05, 0) is 72.0 Å². The first-order valence-corrected chi connectivity index (χ1v) is 11.9. The van der Waals surface area contributed by atoms with E-state index < -0.39 is 23.7 Å².